The van der Waals surface area contributed by atoms with E-state index in [1.807, 2.05) is 23.6 Å². The lowest BCUT2D eigenvalue weighted by Crippen LogP contribution is -2.49. The van der Waals surface area contributed by atoms with Gasteiger partial charge in [0.05, 0.1) is 6.10 Å². The number of piperazine rings is 1. The Labute approximate surface area is 136 Å². The molecular weight excluding hydrogens is 292 g/mol. The van der Waals surface area contributed by atoms with E-state index < -0.39 is 0 Å². The maximum absolute atomic E-state index is 5.86. The number of fused-ring (bicyclic) bond motifs is 1. The second-order valence-corrected chi connectivity index (χ2v) is 6.48. The van der Waals surface area contributed by atoms with Crippen molar-refractivity contribution >= 4 is 11.5 Å². The zero-order valence-electron chi connectivity index (χ0n) is 13.7. The molecule has 1 atom stereocenters. The molecule has 2 fully saturated rings. The van der Waals surface area contributed by atoms with Crippen molar-refractivity contribution in [1.82, 2.24) is 24.7 Å². The van der Waals surface area contributed by atoms with Crippen molar-refractivity contribution in [1.29, 1.82) is 0 Å². The predicted molar refractivity (Wildman–Crippen MR) is 87.8 cm³/mol. The molecule has 0 bridgehead atoms. The Morgan fingerprint density at radius 3 is 2.78 bits per heavy atom. The third-order valence-electron chi connectivity index (χ3n) is 4.84. The van der Waals surface area contributed by atoms with E-state index in [2.05, 4.69) is 25.1 Å². The van der Waals surface area contributed by atoms with E-state index in [4.69, 9.17) is 4.74 Å². The molecule has 4 heterocycles. The molecule has 2 aromatic heterocycles. The summed E-state index contributed by atoms with van der Waals surface area (Å²) in [6, 6.07) is 4.04. The second-order valence-electron chi connectivity index (χ2n) is 6.48. The number of hydrogen-bond donors (Lipinski definition) is 0. The summed E-state index contributed by atoms with van der Waals surface area (Å²) in [6.07, 6.45) is 4.18. The van der Waals surface area contributed by atoms with Crippen LogP contribution in [0.5, 0.6) is 0 Å². The number of aryl methyl sites for hydroxylation is 1. The third-order valence-corrected chi connectivity index (χ3v) is 4.84. The largest absolute Gasteiger partial charge is 0.377 e. The molecule has 2 saturated heterocycles. The summed E-state index contributed by atoms with van der Waals surface area (Å²) in [7, 11) is 0. The smallest absolute Gasteiger partial charge is 0.178 e. The van der Waals surface area contributed by atoms with Crippen molar-refractivity contribution in [3.05, 3.63) is 18.0 Å². The van der Waals surface area contributed by atoms with Gasteiger partial charge in [0.1, 0.15) is 5.82 Å². The lowest BCUT2D eigenvalue weighted by atomic mass is 10.1. The first-order chi connectivity index (χ1) is 11.3. The van der Waals surface area contributed by atoms with E-state index in [1.165, 1.54) is 19.3 Å². The van der Waals surface area contributed by atoms with E-state index in [9.17, 15) is 0 Å². The maximum atomic E-state index is 5.86. The number of rotatable bonds is 3. The monoisotopic (exact) mass is 316 g/mol. The molecule has 2 aromatic rings. The summed E-state index contributed by atoms with van der Waals surface area (Å²) in [5.74, 6) is 1.84. The van der Waals surface area contributed by atoms with Crippen LogP contribution in [0.4, 0.5) is 5.82 Å². The van der Waals surface area contributed by atoms with Crippen LogP contribution in [0, 0.1) is 6.92 Å². The first-order valence-electron chi connectivity index (χ1n) is 8.57. The fourth-order valence-electron chi connectivity index (χ4n) is 3.45. The lowest BCUT2D eigenvalue weighted by molar-refractivity contribution is -0.00647. The molecule has 0 amide bonds. The third kappa shape index (κ3) is 3.16. The minimum absolute atomic E-state index is 0.435. The normalized spacial score (nSPS) is 23.5. The predicted octanol–water partition coefficient (Wildman–Crippen LogP) is 1.12. The lowest BCUT2D eigenvalue weighted by Gasteiger charge is -2.37. The van der Waals surface area contributed by atoms with Gasteiger partial charge < -0.3 is 9.64 Å². The van der Waals surface area contributed by atoms with Gasteiger partial charge in [-0.05, 0) is 38.3 Å². The van der Waals surface area contributed by atoms with Crippen LogP contribution >= 0.6 is 0 Å². The minimum Gasteiger partial charge on any atom is -0.377 e. The first kappa shape index (κ1) is 14.8. The van der Waals surface area contributed by atoms with Gasteiger partial charge in [-0.1, -0.05) is 0 Å². The van der Waals surface area contributed by atoms with Crippen LogP contribution in [0.3, 0.4) is 0 Å². The van der Waals surface area contributed by atoms with E-state index >= 15 is 0 Å². The first-order valence-corrected chi connectivity index (χ1v) is 8.57. The topological polar surface area (TPSA) is 58.8 Å². The Morgan fingerprint density at radius 1 is 1.13 bits per heavy atom. The minimum atomic E-state index is 0.435. The van der Waals surface area contributed by atoms with E-state index in [0.29, 0.717) is 6.10 Å². The average Bonchev–Trinajstić information content (AvgIpc) is 2.97. The van der Waals surface area contributed by atoms with Gasteiger partial charge in [-0.15, -0.1) is 15.3 Å². The molecule has 7 heteroatoms. The van der Waals surface area contributed by atoms with Crippen LogP contribution in [0.15, 0.2) is 12.1 Å². The highest BCUT2D eigenvalue weighted by Gasteiger charge is 2.22. The molecule has 124 valence electrons. The Hall–Kier alpha value is -1.73. The molecule has 2 aliphatic rings. The molecule has 7 nitrogen and oxygen atoms in total. The van der Waals surface area contributed by atoms with Crippen LogP contribution in [-0.4, -0.2) is 70.1 Å². The Balaban J connectivity index is 1.37. The van der Waals surface area contributed by atoms with Gasteiger partial charge in [0.15, 0.2) is 11.5 Å². The second kappa shape index (κ2) is 6.41. The van der Waals surface area contributed by atoms with Crippen molar-refractivity contribution < 1.29 is 4.74 Å². The molecule has 0 aliphatic carbocycles. The Kier molecular flexibility index (Phi) is 4.13. The molecule has 2 aliphatic heterocycles. The van der Waals surface area contributed by atoms with E-state index in [1.54, 1.807) is 0 Å². The summed E-state index contributed by atoms with van der Waals surface area (Å²) in [6.45, 7) is 8.09. The number of nitrogens with zero attached hydrogens (tertiary/aromatic N) is 6. The zero-order chi connectivity index (χ0) is 15.6. The summed E-state index contributed by atoms with van der Waals surface area (Å²) in [4.78, 5) is 4.87. The molecule has 0 unspecified atom stereocenters. The highest BCUT2D eigenvalue weighted by Crippen LogP contribution is 2.17. The van der Waals surface area contributed by atoms with E-state index in [-0.39, 0.29) is 0 Å². The van der Waals surface area contributed by atoms with Crippen molar-refractivity contribution in [2.45, 2.75) is 32.3 Å². The van der Waals surface area contributed by atoms with Crippen molar-refractivity contribution in [2.24, 2.45) is 0 Å². The quantitative estimate of drug-likeness (QED) is 0.846. The van der Waals surface area contributed by atoms with Crippen molar-refractivity contribution in [2.75, 3.05) is 44.2 Å². The Bertz CT molecular complexity index is 658. The van der Waals surface area contributed by atoms with Gasteiger partial charge in [0, 0.05) is 39.3 Å². The maximum Gasteiger partial charge on any atom is 0.178 e. The van der Waals surface area contributed by atoms with Crippen LogP contribution < -0.4 is 4.90 Å². The fourth-order valence-corrected chi connectivity index (χ4v) is 3.45. The Morgan fingerprint density at radius 2 is 2.00 bits per heavy atom. The van der Waals surface area contributed by atoms with Gasteiger partial charge in [0.25, 0.3) is 0 Å². The van der Waals surface area contributed by atoms with Gasteiger partial charge in [-0.2, -0.15) is 4.52 Å². The van der Waals surface area contributed by atoms with Crippen molar-refractivity contribution in [3.63, 3.8) is 0 Å². The van der Waals surface area contributed by atoms with Crippen LogP contribution in [-0.2, 0) is 4.74 Å². The average molecular weight is 316 g/mol. The van der Waals surface area contributed by atoms with Crippen molar-refractivity contribution in [3.8, 4) is 0 Å². The number of ether oxygens (including phenoxy) is 1. The molecule has 0 aromatic carbocycles. The van der Waals surface area contributed by atoms with Gasteiger partial charge in [-0.25, -0.2) is 0 Å². The molecule has 0 N–H and O–H groups in total. The standard InChI is InChI=1S/C16H24N6O/c1-13-17-18-15-5-6-16(19-22(13)15)21-9-7-20(8-10-21)12-14-4-2-3-11-23-14/h5-6,14H,2-4,7-12H2,1H3/t14-/m0/s1. The molecule has 0 saturated carbocycles. The molecule has 4 rings (SSSR count). The van der Waals surface area contributed by atoms with Crippen LogP contribution in [0.2, 0.25) is 0 Å². The number of hydrogen-bond acceptors (Lipinski definition) is 6. The number of anilines is 1. The summed E-state index contributed by atoms with van der Waals surface area (Å²) in [5, 5.41) is 12.8. The van der Waals surface area contributed by atoms with Gasteiger partial charge >= 0.3 is 0 Å². The summed E-state index contributed by atoms with van der Waals surface area (Å²) < 4.78 is 7.68. The van der Waals surface area contributed by atoms with Gasteiger partial charge in [0.2, 0.25) is 0 Å². The molecule has 0 radical (unpaired) electrons. The summed E-state index contributed by atoms with van der Waals surface area (Å²) >= 11 is 0. The van der Waals surface area contributed by atoms with Crippen LogP contribution in [0.25, 0.3) is 5.65 Å². The summed E-state index contributed by atoms with van der Waals surface area (Å²) in [5.41, 5.74) is 0.805. The van der Waals surface area contributed by atoms with Gasteiger partial charge in [-0.3, -0.25) is 4.90 Å². The van der Waals surface area contributed by atoms with Crippen LogP contribution in [0.1, 0.15) is 25.1 Å². The molecule has 23 heavy (non-hydrogen) atoms. The van der Waals surface area contributed by atoms with E-state index in [0.717, 1.165) is 56.6 Å². The zero-order valence-corrected chi connectivity index (χ0v) is 13.7. The molecule has 0 spiro atoms. The highest BCUT2D eigenvalue weighted by atomic mass is 16.5. The highest BCUT2D eigenvalue weighted by molar-refractivity contribution is 5.46. The SMILES string of the molecule is Cc1nnc2ccc(N3CCN(C[C@@H]4CCCCO4)CC3)nn12. The number of aromatic nitrogens is 4. The molecular formula is C16H24N6O. The fraction of sp³-hybridized carbons (Fsp3) is 0.688.